The van der Waals surface area contributed by atoms with E-state index in [1.807, 2.05) is 7.11 Å². The second kappa shape index (κ2) is 4.86. The summed E-state index contributed by atoms with van der Waals surface area (Å²) in [5.74, 6) is 2.67. The first kappa shape index (κ1) is 10.0. The molecule has 3 atom stereocenters. The third-order valence-electron chi connectivity index (χ3n) is 3.01. The highest BCUT2D eigenvalue weighted by atomic mass is 16.5. The molecule has 0 aromatic rings. The van der Waals surface area contributed by atoms with Crippen molar-refractivity contribution in [1.82, 2.24) is 0 Å². The van der Waals surface area contributed by atoms with E-state index in [1.165, 1.54) is 25.7 Å². The molecule has 1 aliphatic carbocycles. The Morgan fingerprint density at radius 1 is 1.08 bits per heavy atom. The molecule has 0 heterocycles. The number of hydrogen-bond acceptors (Lipinski definition) is 1. The maximum absolute atomic E-state index is 5.22. The minimum Gasteiger partial charge on any atom is -0.384 e. The summed E-state index contributed by atoms with van der Waals surface area (Å²) in [5.41, 5.74) is 0. The minimum atomic E-state index is 0.829. The van der Waals surface area contributed by atoms with Gasteiger partial charge in [-0.15, -0.1) is 0 Å². The van der Waals surface area contributed by atoms with Crippen LogP contribution in [0.3, 0.4) is 0 Å². The first-order chi connectivity index (χ1) is 5.72. The van der Waals surface area contributed by atoms with E-state index in [9.17, 15) is 0 Å². The Labute approximate surface area is 76.5 Å². The Bertz CT molecular complexity index is 122. The SMILES string of the molecule is COCC1CCC(C)CC(C)C1. The van der Waals surface area contributed by atoms with Crippen molar-refractivity contribution < 1.29 is 4.74 Å². The molecule has 0 bridgehead atoms. The van der Waals surface area contributed by atoms with Gasteiger partial charge < -0.3 is 4.74 Å². The lowest BCUT2D eigenvalue weighted by Crippen LogP contribution is -2.09. The molecule has 0 N–H and O–H groups in total. The van der Waals surface area contributed by atoms with Gasteiger partial charge >= 0.3 is 0 Å². The predicted octanol–water partition coefficient (Wildman–Crippen LogP) is 3.10. The molecule has 0 aromatic carbocycles. The molecule has 72 valence electrons. The first-order valence-corrected chi connectivity index (χ1v) is 5.21. The summed E-state index contributed by atoms with van der Waals surface area (Å²) in [5, 5.41) is 0. The van der Waals surface area contributed by atoms with E-state index in [-0.39, 0.29) is 0 Å². The Morgan fingerprint density at radius 3 is 2.50 bits per heavy atom. The van der Waals surface area contributed by atoms with Gasteiger partial charge in [-0.2, -0.15) is 0 Å². The van der Waals surface area contributed by atoms with Gasteiger partial charge in [0, 0.05) is 13.7 Å². The molecule has 1 heteroatoms. The van der Waals surface area contributed by atoms with Crippen molar-refractivity contribution >= 4 is 0 Å². The normalized spacial score (nSPS) is 37.8. The van der Waals surface area contributed by atoms with Crippen molar-refractivity contribution in [2.24, 2.45) is 17.8 Å². The minimum absolute atomic E-state index is 0.829. The predicted molar refractivity (Wildman–Crippen MR) is 52.2 cm³/mol. The zero-order valence-corrected chi connectivity index (χ0v) is 8.68. The molecular formula is C11H22O. The largest absolute Gasteiger partial charge is 0.384 e. The number of ether oxygens (including phenoxy) is 1. The molecule has 1 nitrogen and oxygen atoms in total. The van der Waals surface area contributed by atoms with Gasteiger partial charge in [0.25, 0.3) is 0 Å². The second-order valence-corrected chi connectivity index (χ2v) is 4.58. The standard InChI is InChI=1S/C11H22O/c1-9-4-5-11(8-12-3)7-10(2)6-9/h9-11H,4-8H2,1-3H3. The van der Waals surface area contributed by atoms with Crippen LogP contribution in [-0.4, -0.2) is 13.7 Å². The molecule has 1 saturated carbocycles. The van der Waals surface area contributed by atoms with Crippen LogP contribution >= 0.6 is 0 Å². The zero-order chi connectivity index (χ0) is 8.97. The van der Waals surface area contributed by atoms with Crippen molar-refractivity contribution in [3.63, 3.8) is 0 Å². The number of rotatable bonds is 2. The lowest BCUT2D eigenvalue weighted by Gasteiger charge is -2.15. The smallest absolute Gasteiger partial charge is 0.0490 e. The lowest BCUT2D eigenvalue weighted by molar-refractivity contribution is 0.138. The fourth-order valence-corrected chi connectivity index (χ4v) is 2.50. The van der Waals surface area contributed by atoms with Crippen LogP contribution in [0, 0.1) is 17.8 Å². The lowest BCUT2D eigenvalue weighted by atomic mass is 9.94. The molecule has 0 spiro atoms. The van der Waals surface area contributed by atoms with Crippen LogP contribution in [0.5, 0.6) is 0 Å². The van der Waals surface area contributed by atoms with Gasteiger partial charge in [-0.1, -0.05) is 20.3 Å². The monoisotopic (exact) mass is 170 g/mol. The maximum Gasteiger partial charge on any atom is 0.0490 e. The van der Waals surface area contributed by atoms with Gasteiger partial charge in [-0.25, -0.2) is 0 Å². The summed E-state index contributed by atoms with van der Waals surface area (Å²) in [6.07, 6.45) is 5.57. The Hall–Kier alpha value is -0.0400. The fraction of sp³-hybridized carbons (Fsp3) is 1.00. The van der Waals surface area contributed by atoms with Crippen molar-refractivity contribution in [3.8, 4) is 0 Å². The van der Waals surface area contributed by atoms with E-state index >= 15 is 0 Å². The molecule has 0 saturated heterocycles. The van der Waals surface area contributed by atoms with Crippen LogP contribution in [0.25, 0.3) is 0 Å². The van der Waals surface area contributed by atoms with E-state index in [0.717, 1.165) is 24.4 Å². The Kier molecular flexibility index (Phi) is 4.07. The number of hydrogen-bond donors (Lipinski definition) is 0. The summed E-state index contributed by atoms with van der Waals surface area (Å²) in [4.78, 5) is 0. The zero-order valence-electron chi connectivity index (χ0n) is 8.68. The molecule has 1 rings (SSSR count). The van der Waals surface area contributed by atoms with Gasteiger partial charge in [0.15, 0.2) is 0 Å². The highest BCUT2D eigenvalue weighted by molar-refractivity contribution is 4.71. The van der Waals surface area contributed by atoms with E-state index in [0.29, 0.717) is 0 Å². The van der Waals surface area contributed by atoms with Crippen LogP contribution in [0.15, 0.2) is 0 Å². The quantitative estimate of drug-likeness (QED) is 0.579. The van der Waals surface area contributed by atoms with Gasteiger partial charge in [0.2, 0.25) is 0 Å². The van der Waals surface area contributed by atoms with Crippen molar-refractivity contribution in [1.29, 1.82) is 0 Å². The molecule has 0 aliphatic heterocycles. The first-order valence-electron chi connectivity index (χ1n) is 5.21. The van der Waals surface area contributed by atoms with E-state index in [1.54, 1.807) is 0 Å². The van der Waals surface area contributed by atoms with Gasteiger partial charge in [0.05, 0.1) is 0 Å². The van der Waals surface area contributed by atoms with Crippen LogP contribution < -0.4 is 0 Å². The maximum atomic E-state index is 5.22. The topological polar surface area (TPSA) is 9.23 Å². The van der Waals surface area contributed by atoms with Crippen molar-refractivity contribution in [3.05, 3.63) is 0 Å². The molecule has 0 aromatic heterocycles. The Balaban J connectivity index is 2.35. The van der Waals surface area contributed by atoms with Gasteiger partial charge in [-0.05, 0) is 37.0 Å². The Morgan fingerprint density at radius 2 is 1.83 bits per heavy atom. The molecule has 0 amide bonds. The van der Waals surface area contributed by atoms with Crippen LogP contribution in [0.1, 0.15) is 39.5 Å². The molecule has 1 aliphatic rings. The van der Waals surface area contributed by atoms with Gasteiger partial charge in [-0.3, -0.25) is 0 Å². The van der Waals surface area contributed by atoms with E-state index < -0.39 is 0 Å². The summed E-state index contributed by atoms with van der Waals surface area (Å²) in [7, 11) is 1.82. The fourth-order valence-electron chi connectivity index (χ4n) is 2.50. The second-order valence-electron chi connectivity index (χ2n) is 4.58. The van der Waals surface area contributed by atoms with Crippen LogP contribution in [0.2, 0.25) is 0 Å². The van der Waals surface area contributed by atoms with Crippen LogP contribution in [0.4, 0.5) is 0 Å². The van der Waals surface area contributed by atoms with Crippen molar-refractivity contribution in [2.45, 2.75) is 39.5 Å². The molecule has 3 unspecified atom stereocenters. The van der Waals surface area contributed by atoms with Crippen LogP contribution in [-0.2, 0) is 4.74 Å². The highest BCUT2D eigenvalue weighted by Crippen LogP contribution is 2.30. The third kappa shape index (κ3) is 3.14. The van der Waals surface area contributed by atoms with Gasteiger partial charge in [0.1, 0.15) is 0 Å². The van der Waals surface area contributed by atoms with Crippen molar-refractivity contribution in [2.75, 3.05) is 13.7 Å². The summed E-state index contributed by atoms with van der Waals surface area (Å²) < 4.78 is 5.22. The number of methoxy groups -OCH3 is 1. The molecule has 0 radical (unpaired) electrons. The van der Waals surface area contributed by atoms with E-state index in [2.05, 4.69) is 13.8 Å². The molecular weight excluding hydrogens is 148 g/mol. The third-order valence-corrected chi connectivity index (χ3v) is 3.01. The average molecular weight is 170 g/mol. The molecule has 12 heavy (non-hydrogen) atoms. The average Bonchev–Trinajstić information content (AvgIpc) is 2.13. The highest BCUT2D eigenvalue weighted by Gasteiger charge is 2.20. The van der Waals surface area contributed by atoms with E-state index in [4.69, 9.17) is 4.74 Å². The summed E-state index contributed by atoms with van der Waals surface area (Å²) >= 11 is 0. The molecule has 1 fully saturated rings. The summed E-state index contributed by atoms with van der Waals surface area (Å²) in [6.45, 7) is 5.73. The summed E-state index contributed by atoms with van der Waals surface area (Å²) in [6, 6.07) is 0.